The van der Waals surface area contributed by atoms with Crippen LogP contribution in [0.15, 0.2) is 63.6 Å². The molecular formula is C20H17BrN4O. The van der Waals surface area contributed by atoms with Gasteiger partial charge in [-0.3, -0.25) is 4.68 Å². The van der Waals surface area contributed by atoms with Gasteiger partial charge in [-0.1, -0.05) is 47.6 Å². The third-order valence-corrected chi connectivity index (χ3v) is 5.41. The molecule has 0 atom stereocenters. The van der Waals surface area contributed by atoms with Gasteiger partial charge < -0.3 is 4.52 Å². The molecule has 0 saturated carbocycles. The third kappa shape index (κ3) is 3.20. The maximum atomic E-state index is 5.47. The second-order valence-electron chi connectivity index (χ2n) is 6.13. The highest BCUT2D eigenvalue weighted by molar-refractivity contribution is 9.10. The average molecular weight is 409 g/mol. The van der Waals surface area contributed by atoms with E-state index in [0.29, 0.717) is 18.3 Å². The number of rotatable bonds is 4. The van der Waals surface area contributed by atoms with Crippen LogP contribution in [0, 0.1) is 13.8 Å². The molecular weight excluding hydrogens is 392 g/mol. The Kier molecular flexibility index (Phi) is 4.42. The molecule has 2 aromatic carbocycles. The molecule has 4 rings (SSSR count). The number of hydrogen-bond acceptors (Lipinski definition) is 4. The van der Waals surface area contributed by atoms with Crippen molar-refractivity contribution in [2.24, 2.45) is 0 Å². The van der Waals surface area contributed by atoms with E-state index >= 15 is 0 Å². The van der Waals surface area contributed by atoms with E-state index in [2.05, 4.69) is 50.2 Å². The second-order valence-corrected chi connectivity index (χ2v) is 6.92. The topological polar surface area (TPSA) is 56.7 Å². The molecule has 0 unspecified atom stereocenters. The summed E-state index contributed by atoms with van der Waals surface area (Å²) in [5.41, 5.74) is 5.06. The molecule has 26 heavy (non-hydrogen) atoms. The highest BCUT2D eigenvalue weighted by Crippen LogP contribution is 2.24. The normalized spacial score (nSPS) is 11.0. The van der Waals surface area contributed by atoms with Gasteiger partial charge in [0.2, 0.25) is 5.82 Å². The molecule has 0 N–H and O–H groups in total. The molecule has 0 amide bonds. The lowest BCUT2D eigenvalue weighted by atomic mass is 10.1. The fourth-order valence-corrected chi connectivity index (χ4v) is 3.13. The molecule has 0 spiro atoms. The Hall–Kier alpha value is -2.73. The Morgan fingerprint density at radius 2 is 1.77 bits per heavy atom. The van der Waals surface area contributed by atoms with Gasteiger partial charge in [-0.2, -0.15) is 10.1 Å². The summed E-state index contributed by atoms with van der Waals surface area (Å²) in [5, 5.41) is 8.67. The summed E-state index contributed by atoms with van der Waals surface area (Å²) < 4.78 is 8.51. The van der Waals surface area contributed by atoms with Crippen LogP contribution in [-0.2, 0) is 6.54 Å². The zero-order chi connectivity index (χ0) is 18.1. The minimum atomic E-state index is 0.514. The minimum absolute atomic E-state index is 0.514. The van der Waals surface area contributed by atoms with Crippen molar-refractivity contribution in [3.63, 3.8) is 0 Å². The zero-order valence-electron chi connectivity index (χ0n) is 14.5. The number of halogens is 1. The number of nitrogens with zero attached hydrogens (tertiary/aromatic N) is 4. The molecule has 0 radical (unpaired) electrons. The van der Waals surface area contributed by atoms with Crippen LogP contribution in [0.25, 0.3) is 22.8 Å². The van der Waals surface area contributed by atoms with E-state index in [4.69, 9.17) is 4.52 Å². The summed E-state index contributed by atoms with van der Waals surface area (Å²) in [6.45, 7) is 4.73. The molecule has 130 valence electrons. The summed E-state index contributed by atoms with van der Waals surface area (Å²) in [6, 6.07) is 17.9. The molecule has 0 aliphatic heterocycles. The Labute approximate surface area is 159 Å². The molecule has 0 bridgehead atoms. The van der Waals surface area contributed by atoms with Crippen LogP contribution < -0.4 is 0 Å². The van der Waals surface area contributed by atoms with Crippen molar-refractivity contribution in [2.45, 2.75) is 20.4 Å². The Morgan fingerprint density at radius 1 is 1.00 bits per heavy atom. The molecule has 6 heteroatoms. The number of aryl methyl sites for hydroxylation is 1. The molecule has 0 aliphatic rings. The van der Waals surface area contributed by atoms with Gasteiger partial charge >= 0.3 is 0 Å². The van der Waals surface area contributed by atoms with Crippen molar-refractivity contribution < 1.29 is 4.52 Å². The van der Waals surface area contributed by atoms with E-state index in [9.17, 15) is 0 Å². The minimum Gasteiger partial charge on any atom is -0.334 e. The van der Waals surface area contributed by atoms with Crippen molar-refractivity contribution >= 4 is 15.9 Å². The van der Waals surface area contributed by atoms with Crippen LogP contribution in [-0.4, -0.2) is 19.9 Å². The van der Waals surface area contributed by atoms with Crippen LogP contribution in [0.3, 0.4) is 0 Å². The first-order valence-corrected chi connectivity index (χ1v) is 9.09. The lowest BCUT2D eigenvalue weighted by molar-refractivity contribution is 0.432. The highest BCUT2D eigenvalue weighted by atomic mass is 79.9. The van der Waals surface area contributed by atoms with Gasteiger partial charge in [-0.05, 0) is 47.5 Å². The maximum Gasteiger partial charge on any atom is 0.258 e. The first-order valence-electron chi connectivity index (χ1n) is 8.30. The summed E-state index contributed by atoms with van der Waals surface area (Å²) in [7, 11) is 0. The van der Waals surface area contributed by atoms with Gasteiger partial charge in [0.25, 0.3) is 5.89 Å². The van der Waals surface area contributed by atoms with E-state index in [1.54, 1.807) is 0 Å². The van der Waals surface area contributed by atoms with Crippen molar-refractivity contribution in [3.05, 3.63) is 76.0 Å². The molecule has 5 nitrogen and oxygen atoms in total. The molecule has 0 saturated heterocycles. The summed E-state index contributed by atoms with van der Waals surface area (Å²) in [4.78, 5) is 4.53. The number of aromatic nitrogens is 4. The van der Waals surface area contributed by atoms with E-state index in [0.717, 1.165) is 32.6 Å². The van der Waals surface area contributed by atoms with E-state index in [-0.39, 0.29) is 0 Å². The summed E-state index contributed by atoms with van der Waals surface area (Å²) in [6.07, 6.45) is 0. The third-order valence-electron chi connectivity index (χ3n) is 4.26. The van der Waals surface area contributed by atoms with Gasteiger partial charge in [0.05, 0.1) is 22.4 Å². The first-order chi connectivity index (χ1) is 12.6. The van der Waals surface area contributed by atoms with Crippen LogP contribution in [0.5, 0.6) is 0 Å². The van der Waals surface area contributed by atoms with Crippen molar-refractivity contribution in [1.82, 2.24) is 19.9 Å². The van der Waals surface area contributed by atoms with Gasteiger partial charge in [0, 0.05) is 11.1 Å². The second kappa shape index (κ2) is 6.88. The molecule has 2 heterocycles. The predicted molar refractivity (Wildman–Crippen MR) is 104 cm³/mol. The summed E-state index contributed by atoms with van der Waals surface area (Å²) >= 11 is 3.57. The Morgan fingerprint density at radius 3 is 2.50 bits per heavy atom. The van der Waals surface area contributed by atoms with Gasteiger partial charge in [0.1, 0.15) is 0 Å². The fourth-order valence-electron chi connectivity index (χ4n) is 2.85. The smallest absolute Gasteiger partial charge is 0.258 e. The van der Waals surface area contributed by atoms with Crippen molar-refractivity contribution in [2.75, 3.05) is 0 Å². The van der Waals surface area contributed by atoms with E-state index < -0.39 is 0 Å². The van der Waals surface area contributed by atoms with Gasteiger partial charge in [0.15, 0.2) is 0 Å². The van der Waals surface area contributed by atoms with E-state index in [1.165, 1.54) is 0 Å². The standard InChI is InChI=1S/C20H17BrN4O/c1-13-18(21)14(2)25(23-13)12-15-7-6-10-17(11-15)20-22-19(24-26-20)16-8-4-3-5-9-16/h3-11H,12H2,1-2H3. The van der Waals surface area contributed by atoms with Crippen LogP contribution >= 0.6 is 15.9 Å². The lowest BCUT2D eigenvalue weighted by Gasteiger charge is -2.06. The van der Waals surface area contributed by atoms with Crippen molar-refractivity contribution in [1.29, 1.82) is 0 Å². The van der Waals surface area contributed by atoms with Gasteiger partial charge in [-0.25, -0.2) is 0 Å². The van der Waals surface area contributed by atoms with Crippen LogP contribution in [0.1, 0.15) is 17.0 Å². The highest BCUT2D eigenvalue weighted by Gasteiger charge is 2.12. The lowest BCUT2D eigenvalue weighted by Crippen LogP contribution is -2.04. The van der Waals surface area contributed by atoms with Gasteiger partial charge in [-0.15, -0.1) is 0 Å². The average Bonchev–Trinajstić information content (AvgIpc) is 3.25. The largest absolute Gasteiger partial charge is 0.334 e. The molecule has 2 aromatic heterocycles. The number of benzene rings is 2. The number of hydrogen-bond donors (Lipinski definition) is 0. The quantitative estimate of drug-likeness (QED) is 0.475. The first kappa shape index (κ1) is 16.7. The Balaban J connectivity index is 1.62. The SMILES string of the molecule is Cc1nn(Cc2cccc(-c3nc(-c4ccccc4)no3)c2)c(C)c1Br. The van der Waals surface area contributed by atoms with Crippen LogP contribution in [0.4, 0.5) is 0 Å². The maximum absolute atomic E-state index is 5.47. The van der Waals surface area contributed by atoms with Crippen LogP contribution in [0.2, 0.25) is 0 Å². The monoisotopic (exact) mass is 408 g/mol. The Bertz CT molecular complexity index is 1050. The summed E-state index contributed by atoms with van der Waals surface area (Å²) in [5.74, 6) is 1.11. The van der Waals surface area contributed by atoms with Crippen molar-refractivity contribution in [3.8, 4) is 22.8 Å². The molecule has 4 aromatic rings. The molecule has 0 fully saturated rings. The molecule has 0 aliphatic carbocycles. The zero-order valence-corrected chi connectivity index (χ0v) is 16.1. The van der Waals surface area contributed by atoms with E-state index in [1.807, 2.05) is 54.1 Å². The predicted octanol–water partition coefficient (Wildman–Crippen LogP) is 5.03. The fraction of sp³-hybridized carbons (Fsp3) is 0.150.